The third-order valence-corrected chi connectivity index (χ3v) is 1.89. The van der Waals surface area contributed by atoms with Crippen LogP contribution in [0.25, 0.3) is 0 Å². The Morgan fingerprint density at radius 1 is 1.31 bits per heavy atom. The molecule has 0 spiro atoms. The second-order valence-corrected chi connectivity index (χ2v) is 3.07. The molecule has 0 heterocycles. The van der Waals surface area contributed by atoms with E-state index in [4.69, 9.17) is 5.11 Å². The van der Waals surface area contributed by atoms with E-state index < -0.39 is 6.09 Å². The number of carbonyl (C=O) groups is 2. The van der Waals surface area contributed by atoms with Crippen LogP contribution in [0.4, 0.5) is 4.79 Å². The molecule has 0 aromatic carbocycles. The lowest BCUT2D eigenvalue weighted by Crippen LogP contribution is -2.25. The molecular weight excluding hydrogens is 170 g/mol. The molecule has 0 aromatic rings. The van der Waals surface area contributed by atoms with Gasteiger partial charge in [0.05, 0.1) is 0 Å². The lowest BCUT2D eigenvalue weighted by molar-refractivity contribution is -0.107. The van der Waals surface area contributed by atoms with Gasteiger partial charge in [-0.15, -0.1) is 0 Å². The van der Waals surface area contributed by atoms with Gasteiger partial charge in [-0.2, -0.15) is 0 Å². The molecule has 4 heteroatoms. The minimum absolute atomic E-state index is 0.580. The van der Waals surface area contributed by atoms with Crippen molar-refractivity contribution in [3.63, 3.8) is 0 Å². The summed E-state index contributed by atoms with van der Waals surface area (Å²) >= 11 is 0. The Kier molecular flexibility index (Phi) is 6.96. The van der Waals surface area contributed by atoms with Crippen LogP contribution in [0.15, 0.2) is 0 Å². The molecule has 0 rings (SSSR count). The van der Waals surface area contributed by atoms with Crippen LogP contribution in [-0.4, -0.2) is 36.0 Å². The van der Waals surface area contributed by atoms with Gasteiger partial charge in [0.15, 0.2) is 0 Å². The van der Waals surface area contributed by atoms with Gasteiger partial charge in [0, 0.05) is 20.0 Å². The number of carbonyl (C=O) groups excluding carboxylic acids is 1. The van der Waals surface area contributed by atoms with Crippen LogP contribution in [0.3, 0.4) is 0 Å². The lowest BCUT2D eigenvalue weighted by Gasteiger charge is -2.11. The van der Waals surface area contributed by atoms with Crippen molar-refractivity contribution in [2.75, 3.05) is 13.6 Å². The minimum Gasteiger partial charge on any atom is -0.465 e. The molecule has 0 radical (unpaired) electrons. The summed E-state index contributed by atoms with van der Waals surface area (Å²) in [6.07, 6.45) is 4.45. The maximum absolute atomic E-state index is 10.3. The molecule has 0 aliphatic rings. The van der Waals surface area contributed by atoms with Crippen molar-refractivity contribution in [3.8, 4) is 0 Å². The molecule has 4 nitrogen and oxygen atoms in total. The van der Waals surface area contributed by atoms with Gasteiger partial charge in [0.2, 0.25) is 0 Å². The zero-order valence-electron chi connectivity index (χ0n) is 8.03. The van der Waals surface area contributed by atoms with Crippen LogP contribution in [0.5, 0.6) is 0 Å². The molecule has 0 saturated carbocycles. The average Bonchev–Trinajstić information content (AvgIpc) is 2.10. The van der Waals surface area contributed by atoms with Crippen molar-refractivity contribution in [1.82, 2.24) is 4.90 Å². The highest BCUT2D eigenvalue weighted by atomic mass is 16.4. The highest BCUT2D eigenvalue weighted by Crippen LogP contribution is 2.02. The van der Waals surface area contributed by atoms with Crippen LogP contribution < -0.4 is 0 Å². The molecular formula is C9H17NO3. The Labute approximate surface area is 78.5 Å². The highest BCUT2D eigenvalue weighted by molar-refractivity contribution is 5.64. The first-order valence-electron chi connectivity index (χ1n) is 4.56. The summed E-state index contributed by atoms with van der Waals surface area (Å²) in [7, 11) is 1.56. The predicted molar refractivity (Wildman–Crippen MR) is 49.8 cm³/mol. The fourth-order valence-electron chi connectivity index (χ4n) is 1.03. The summed E-state index contributed by atoms with van der Waals surface area (Å²) < 4.78 is 0. The SMILES string of the molecule is CN(CCCCCCC=O)C(=O)O. The smallest absolute Gasteiger partial charge is 0.407 e. The first-order chi connectivity index (χ1) is 6.18. The van der Waals surface area contributed by atoms with Crippen LogP contribution in [-0.2, 0) is 4.79 Å². The fraction of sp³-hybridized carbons (Fsp3) is 0.778. The van der Waals surface area contributed by atoms with Gasteiger partial charge in [-0.3, -0.25) is 0 Å². The van der Waals surface area contributed by atoms with Crippen molar-refractivity contribution in [3.05, 3.63) is 0 Å². The maximum atomic E-state index is 10.3. The van der Waals surface area contributed by atoms with Gasteiger partial charge in [-0.1, -0.05) is 12.8 Å². The van der Waals surface area contributed by atoms with E-state index >= 15 is 0 Å². The summed E-state index contributed by atoms with van der Waals surface area (Å²) in [5.41, 5.74) is 0. The normalized spacial score (nSPS) is 9.62. The molecule has 13 heavy (non-hydrogen) atoms. The Morgan fingerprint density at radius 3 is 2.46 bits per heavy atom. The summed E-state index contributed by atoms with van der Waals surface area (Å²) in [5, 5.41) is 8.50. The molecule has 0 fully saturated rings. The molecule has 0 unspecified atom stereocenters. The van der Waals surface area contributed by atoms with E-state index in [2.05, 4.69) is 0 Å². The van der Waals surface area contributed by atoms with Crippen molar-refractivity contribution >= 4 is 12.4 Å². The fourth-order valence-corrected chi connectivity index (χ4v) is 1.03. The second kappa shape index (κ2) is 7.58. The van der Waals surface area contributed by atoms with E-state index in [0.29, 0.717) is 13.0 Å². The second-order valence-electron chi connectivity index (χ2n) is 3.07. The van der Waals surface area contributed by atoms with Crippen LogP contribution in [0.1, 0.15) is 32.1 Å². The standard InChI is InChI=1S/C9H17NO3/c1-10(9(12)13)7-5-3-2-4-6-8-11/h8H,2-7H2,1H3,(H,12,13). The number of amides is 1. The van der Waals surface area contributed by atoms with E-state index in [-0.39, 0.29) is 0 Å². The van der Waals surface area contributed by atoms with Gasteiger partial charge < -0.3 is 14.8 Å². The van der Waals surface area contributed by atoms with Crippen molar-refractivity contribution in [2.24, 2.45) is 0 Å². The van der Waals surface area contributed by atoms with Crippen LogP contribution in [0, 0.1) is 0 Å². The molecule has 0 aromatic heterocycles. The number of rotatable bonds is 7. The molecule has 1 amide bonds. The third-order valence-electron chi connectivity index (χ3n) is 1.89. The lowest BCUT2D eigenvalue weighted by atomic mass is 10.1. The third kappa shape index (κ3) is 7.31. The summed E-state index contributed by atoms with van der Waals surface area (Å²) in [6.45, 7) is 0.580. The van der Waals surface area contributed by atoms with Gasteiger partial charge in [0.1, 0.15) is 6.29 Å². The molecule has 76 valence electrons. The van der Waals surface area contributed by atoms with E-state index in [9.17, 15) is 9.59 Å². The number of hydrogen-bond donors (Lipinski definition) is 1. The zero-order chi connectivity index (χ0) is 10.1. The number of unbranched alkanes of at least 4 members (excludes halogenated alkanes) is 4. The van der Waals surface area contributed by atoms with Gasteiger partial charge in [0.25, 0.3) is 0 Å². The number of nitrogens with zero attached hydrogens (tertiary/aromatic N) is 1. The first-order valence-corrected chi connectivity index (χ1v) is 4.56. The van der Waals surface area contributed by atoms with Gasteiger partial charge in [-0.25, -0.2) is 4.79 Å². The molecule has 0 saturated heterocycles. The number of carboxylic acid groups (broad SMARTS) is 1. The van der Waals surface area contributed by atoms with Crippen molar-refractivity contribution in [1.29, 1.82) is 0 Å². The number of aldehydes is 1. The largest absolute Gasteiger partial charge is 0.465 e. The average molecular weight is 187 g/mol. The zero-order valence-corrected chi connectivity index (χ0v) is 8.03. The maximum Gasteiger partial charge on any atom is 0.407 e. The van der Waals surface area contributed by atoms with E-state index in [1.54, 1.807) is 7.05 Å². The summed E-state index contributed by atoms with van der Waals surface area (Å²) in [6, 6.07) is 0. The topological polar surface area (TPSA) is 57.6 Å². The Bertz CT molecular complexity index is 159. The van der Waals surface area contributed by atoms with E-state index in [1.165, 1.54) is 4.90 Å². The predicted octanol–water partition coefficient (Wildman–Crippen LogP) is 1.75. The van der Waals surface area contributed by atoms with Gasteiger partial charge in [-0.05, 0) is 12.8 Å². The highest BCUT2D eigenvalue weighted by Gasteiger charge is 2.02. The quantitative estimate of drug-likeness (QED) is 0.488. The molecule has 0 atom stereocenters. The van der Waals surface area contributed by atoms with Crippen molar-refractivity contribution in [2.45, 2.75) is 32.1 Å². The first kappa shape index (κ1) is 11.9. The van der Waals surface area contributed by atoms with E-state index in [1.807, 2.05) is 0 Å². The molecule has 0 aliphatic heterocycles. The van der Waals surface area contributed by atoms with E-state index in [0.717, 1.165) is 32.0 Å². The Morgan fingerprint density at radius 2 is 1.92 bits per heavy atom. The molecule has 1 N–H and O–H groups in total. The monoisotopic (exact) mass is 187 g/mol. The Hall–Kier alpha value is -1.06. The van der Waals surface area contributed by atoms with Crippen LogP contribution in [0.2, 0.25) is 0 Å². The molecule has 0 aliphatic carbocycles. The number of hydrogen-bond acceptors (Lipinski definition) is 2. The van der Waals surface area contributed by atoms with Crippen molar-refractivity contribution < 1.29 is 14.7 Å². The Balaban J connectivity index is 3.15. The summed E-state index contributed by atoms with van der Waals surface area (Å²) in [4.78, 5) is 21.6. The van der Waals surface area contributed by atoms with Gasteiger partial charge >= 0.3 is 6.09 Å². The minimum atomic E-state index is -0.882. The summed E-state index contributed by atoms with van der Waals surface area (Å²) in [5.74, 6) is 0. The molecule has 0 bridgehead atoms. The van der Waals surface area contributed by atoms with Crippen LogP contribution >= 0.6 is 0 Å².